The maximum Gasteiger partial charge on any atom is 0.285 e. The van der Waals surface area contributed by atoms with Gasteiger partial charge in [0.25, 0.3) is 11.1 Å². The molecule has 18 heavy (non-hydrogen) atoms. The molecule has 2 N–H and O–H groups in total. The van der Waals surface area contributed by atoms with E-state index < -0.39 is 0 Å². The Kier molecular flexibility index (Phi) is 1.73. The second-order valence-corrected chi connectivity index (χ2v) is 5.80. The lowest BCUT2D eigenvalue weighted by Gasteiger charge is -1.87. The van der Waals surface area contributed by atoms with Gasteiger partial charge in [-0.2, -0.15) is 0 Å². The molecule has 4 heterocycles. The first-order chi connectivity index (χ1) is 8.75. The summed E-state index contributed by atoms with van der Waals surface area (Å²) < 4.78 is 1.78. The molecule has 88 valence electrons. The highest BCUT2D eigenvalue weighted by atomic mass is 32.2. The summed E-state index contributed by atoms with van der Waals surface area (Å²) in [4.78, 5) is 23.2. The molecule has 0 unspecified atom stereocenters. The Morgan fingerprint density at radius 2 is 1.33 bits per heavy atom. The molecule has 0 saturated carbocycles. The highest BCUT2D eigenvalue weighted by Crippen LogP contribution is 2.39. The fourth-order valence-corrected chi connectivity index (χ4v) is 4.16. The largest absolute Gasteiger partial charge is 0.285 e. The monoisotopic (exact) mass is 278 g/mol. The molecule has 0 aliphatic rings. The molecular formula is C8H2N6O2S2. The van der Waals surface area contributed by atoms with Crippen LogP contribution in [0.1, 0.15) is 0 Å². The van der Waals surface area contributed by atoms with Crippen LogP contribution in [0.25, 0.3) is 29.8 Å². The molecule has 0 aromatic carbocycles. The van der Waals surface area contributed by atoms with Gasteiger partial charge >= 0.3 is 0 Å². The predicted molar refractivity (Wildman–Crippen MR) is 67.1 cm³/mol. The van der Waals surface area contributed by atoms with Crippen molar-refractivity contribution in [3.8, 4) is 0 Å². The minimum atomic E-state index is -0.292. The van der Waals surface area contributed by atoms with Crippen molar-refractivity contribution in [2.24, 2.45) is 0 Å². The van der Waals surface area contributed by atoms with E-state index in [0.29, 0.717) is 25.8 Å². The number of fused-ring (bicyclic) bond motifs is 5. The SMILES string of the molecule is O=c1[nH]nnc2c1sc1sc3c(=O)[nH]nnc3c12. The molecule has 0 radical (unpaired) electrons. The van der Waals surface area contributed by atoms with Crippen molar-refractivity contribution in [3.63, 3.8) is 0 Å². The van der Waals surface area contributed by atoms with Crippen molar-refractivity contribution in [1.82, 2.24) is 30.8 Å². The average Bonchev–Trinajstić information content (AvgIpc) is 2.88. The highest BCUT2D eigenvalue weighted by Gasteiger charge is 2.18. The summed E-state index contributed by atoms with van der Waals surface area (Å²) in [5.41, 5.74) is 0.341. The van der Waals surface area contributed by atoms with E-state index in [2.05, 4.69) is 30.8 Å². The van der Waals surface area contributed by atoms with Gasteiger partial charge in [-0.3, -0.25) is 9.59 Å². The molecule has 0 aliphatic heterocycles. The summed E-state index contributed by atoms with van der Waals surface area (Å²) in [6.07, 6.45) is 0. The lowest BCUT2D eigenvalue weighted by atomic mass is 10.3. The second kappa shape index (κ2) is 3.17. The fourth-order valence-electron chi connectivity index (χ4n) is 1.78. The number of H-pyrrole nitrogens is 2. The van der Waals surface area contributed by atoms with Gasteiger partial charge < -0.3 is 0 Å². The fraction of sp³-hybridized carbons (Fsp3) is 0. The van der Waals surface area contributed by atoms with Crippen molar-refractivity contribution < 1.29 is 0 Å². The van der Waals surface area contributed by atoms with Gasteiger partial charge in [0.2, 0.25) is 0 Å². The van der Waals surface area contributed by atoms with Gasteiger partial charge in [0.1, 0.15) is 20.4 Å². The van der Waals surface area contributed by atoms with Crippen molar-refractivity contribution in [1.29, 1.82) is 0 Å². The smallest absolute Gasteiger partial charge is 0.266 e. The van der Waals surface area contributed by atoms with Gasteiger partial charge in [0.15, 0.2) is 0 Å². The van der Waals surface area contributed by atoms with E-state index in [-0.39, 0.29) is 11.1 Å². The van der Waals surface area contributed by atoms with Gasteiger partial charge in [-0.1, -0.05) is 10.4 Å². The first kappa shape index (κ1) is 9.79. The normalized spacial score (nSPS) is 11.8. The Morgan fingerprint density at radius 1 is 0.833 bits per heavy atom. The molecule has 0 fully saturated rings. The highest BCUT2D eigenvalue weighted by molar-refractivity contribution is 7.44. The summed E-state index contributed by atoms with van der Waals surface area (Å²) in [5, 5.41) is 20.1. The Hall–Kier alpha value is -2.20. The summed E-state index contributed by atoms with van der Waals surface area (Å²) in [6, 6.07) is 0. The number of nitrogens with zero attached hydrogens (tertiary/aromatic N) is 4. The van der Waals surface area contributed by atoms with Crippen LogP contribution in [0.3, 0.4) is 0 Å². The van der Waals surface area contributed by atoms with Crippen molar-refractivity contribution in [2.45, 2.75) is 0 Å². The Balaban J connectivity index is 2.42. The molecule has 4 aromatic rings. The van der Waals surface area contributed by atoms with E-state index in [4.69, 9.17) is 0 Å². The van der Waals surface area contributed by atoms with Gasteiger partial charge in [0.05, 0.1) is 9.40 Å². The number of aromatic nitrogens is 6. The zero-order chi connectivity index (χ0) is 12.3. The van der Waals surface area contributed by atoms with Gasteiger partial charge in [-0.25, -0.2) is 10.2 Å². The van der Waals surface area contributed by atoms with Crippen LogP contribution in [-0.2, 0) is 0 Å². The number of hydrogen-bond acceptors (Lipinski definition) is 8. The molecule has 0 saturated heterocycles. The predicted octanol–water partition coefficient (Wildman–Crippen LogP) is 0.226. The quantitative estimate of drug-likeness (QED) is 0.475. The molecule has 0 atom stereocenters. The minimum Gasteiger partial charge on any atom is -0.266 e. The number of thiophene rings is 2. The molecule has 0 bridgehead atoms. The van der Waals surface area contributed by atoms with Crippen LogP contribution in [0.2, 0.25) is 0 Å². The third kappa shape index (κ3) is 1.08. The Morgan fingerprint density at radius 3 is 1.83 bits per heavy atom. The zero-order valence-electron chi connectivity index (χ0n) is 8.42. The summed E-state index contributed by atoms with van der Waals surface area (Å²) in [6.45, 7) is 0. The summed E-state index contributed by atoms with van der Waals surface area (Å²) in [7, 11) is 0. The number of nitrogens with one attached hydrogen (secondary N) is 2. The third-order valence-corrected chi connectivity index (χ3v) is 4.96. The molecule has 0 aliphatic carbocycles. The van der Waals surface area contributed by atoms with E-state index in [1.165, 1.54) is 22.7 Å². The van der Waals surface area contributed by atoms with Crippen LogP contribution in [0.5, 0.6) is 0 Å². The van der Waals surface area contributed by atoms with Crippen LogP contribution in [0, 0.1) is 0 Å². The molecule has 10 heteroatoms. The topological polar surface area (TPSA) is 117 Å². The summed E-state index contributed by atoms with van der Waals surface area (Å²) in [5.74, 6) is 0. The van der Waals surface area contributed by atoms with Crippen LogP contribution in [0.15, 0.2) is 9.59 Å². The molecule has 8 nitrogen and oxygen atoms in total. The van der Waals surface area contributed by atoms with Crippen molar-refractivity contribution in [3.05, 3.63) is 20.7 Å². The van der Waals surface area contributed by atoms with Crippen LogP contribution < -0.4 is 11.1 Å². The van der Waals surface area contributed by atoms with Gasteiger partial charge in [-0.15, -0.1) is 32.9 Å². The first-order valence-corrected chi connectivity index (χ1v) is 6.40. The average molecular weight is 278 g/mol. The van der Waals surface area contributed by atoms with E-state index in [1.807, 2.05) is 0 Å². The Bertz CT molecular complexity index is 946. The van der Waals surface area contributed by atoms with E-state index in [0.717, 1.165) is 4.01 Å². The maximum atomic E-state index is 11.6. The first-order valence-electron chi connectivity index (χ1n) is 4.77. The van der Waals surface area contributed by atoms with Crippen LogP contribution >= 0.6 is 22.7 Å². The number of rotatable bonds is 0. The molecule has 0 spiro atoms. The molecule has 0 amide bonds. The van der Waals surface area contributed by atoms with E-state index >= 15 is 0 Å². The van der Waals surface area contributed by atoms with E-state index in [1.54, 1.807) is 0 Å². The lowest BCUT2D eigenvalue weighted by molar-refractivity contribution is 0.873. The minimum absolute atomic E-state index is 0.292. The van der Waals surface area contributed by atoms with Crippen molar-refractivity contribution in [2.75, 3.05) is 0 Å². The molecular weight excluding hydrogens is 276 g/mol. The molecule has 4 rings (SSSR count). The lowest BCUT2D eigenvalue weighted by Crippen LogP contribution is -2.08. The number of aromatic amines is 2. The van der Waals surface area contributed by atoms with E-state index in [9.17, 15) is 9.59 Å². The Labute approximate surface area is 104 Å². The second-order valence-electron chi connectivity index (χ2n) is 3.50. The van der Waals surface area contributed by atoms with Crippen molar-refractivity contribution >= 4 is 52.5 Å². The third-order valence-electron chi connectivity index (χ3n) is 2.51. The standard InChI is InChI=1S/C8H2N6O2S2/c15-6-4-2(9-13-11-6)1-3-5(18-8(1)17-4)7(16)12-14-10-3/h(H,9,11,15)(H,10,12,16). The molecule has 4 aromatic heterocycles. The van der Waals surface area contributed by atoms with Crippen LogP contribution in [0.4, 0.5) is 0 Å². The zero-order valence-corrected chi connectivity index (χ0v) is 10.1. The van der Waals surface area contributed by atoms with Crippen LogP contribution in [-0.4, -0.2) is 30.8 Å². The van der Waals surface area contributed by atoms with Gasteiger partial charge in [-0.05, 0) is 0 Å². The maximum absolute atomic E-state index is 11.6. The number of hydrogen-bond donors (Lipinski definition) is 2. The summed E-state index contributed by atoms with van der Waals surface area (Å²) >= 11 is 2.55. The van der Waals surface area contributed by atoms with Gasteiger partial charge in [0, 0.05) is 0 Å².